The van der Waals surface area contributed by atoms with Crippen LogP contribution in [0.5, 0.6) is 0 Å². The predicted octanol–water partition coefficient (Wildman–Crippen LogP) is 2.05. The minimum absolute atomic E-state index is 0.000132. The van der Waals surface area contributed by atoms with Gasteiger partial charge >= 0.3 is 5.97 Å². The van der Waals surface area contributed by atoms with Crippen LogP contribution in [0.1, 0.15) is 51.4 Å². The molecule has 0 unspecified atom stereocenters. The summed E-state index contributed by atoms with van der Waals surface area (Å²) in [5, 5.41) is 4.24. The average Bonchev–Trinajstić information content (AvgIpc) is 2.87. The third-order valence-corrected chi connectivity index (χ3v) is 3.19. The standard InChI is InChI=1S/C15H25N3O3/c1-11(2)17(8-7-13(19)21-6)14(20)12-9-16-18(10-12)15(3,4)5/h9-11H,7-8H2,1-6H3. The summed E-state index contributed by atoms with van der Waals surface area (Å²) >= 11 is 0. The minimum atomic E-state index is -0.321. The fraction of sp³-hybridized carbons (Fsp3) is 0.667. The SMILES string of the molecule is COC(=O)CCN(C(=O)c1cnn(C(C)(C)C)c1)C(C)C. The Kier molecular flexibility index (Phi) is 5.52. The maximum atomic E-state index is 12.5. The van der Waals surface area contributed by atoms with Crippen molar-refractivity contribution in [3.63, 3.8) is 0 Å². The van der Waals surface area contributed by atoms with Gasteiger partial charge in [-0.3, -0.25) is 14.3 Å². The molecule has 0 aliphatic rings. The summed E-state index contributed by atoms with van der Waals surface area (Å²) in [5.74, 6) is -0.441. The van der Waals surface area contributed by atoms with E-state index in [1.165, 1.54) is 7.11 Å². The molecule has 0 fully saturated rings. The first-order chi connectivity index (χ1) is 9.66. The molecule has 118 valence electrons. The number of carbonyl (C=O) groups excluding carboxylic acids is 2. The maximum absolute atomic E-state index is 12.5. The lowest BCUT2D eigenvalue weighted by atomic mass is 10.1. The van der Waals surface area contributed by atoms with Crippen LogP contribution in [0, 0.1) is 0 Å². The van der Waals surface area contributed by atoms with Crippen LogP contribution in [0.15, 0.2) is 12.4 Å². The largest absolute Gasteiger partial charge is 0.469 e. The van der Waals surface area contributed by atoms with Crippen molar-refractivity contribution in [1.29, 1.82) is 0 Å². The highest BCUT2D eigenvalue weighted by atomic mass is 16.5. The molecule has 1 rings (SSSR count). The van der Waals surface area contributed by atoms with Crippen molar-refractivity contribution < 1.29 is 14.3 Å². The van der Waals surface area contributed by atoms with Crippen LogP contribution in [-0.2, 0) is 15.1 Å². The van der Waals surface area contributed by atoms with Crippen LogP contribution in [0.2, 0.25) is 0 Å². The van der Waals surface area contributed by atoms with Crippen molar-refractivity contribution in [2.45, 2.75) is 52.6 Å². The Morgan fingerprint density at radius 2 is 2.00 bits per heavy atom. The second-order valence-electron chi connectivity index (χ2n) is 6.26. The van der Waals surface area contributed by atoms with Gasteiger partial charge in [0.1, 0.15) is 0 Å². The second-order valence-corrected chi connectivity index (χ2v) is 6.26. The van der Waals surface area contributed by atoms with Gasteiger partial charge in [-0.25, -0.2) is 0 Å². The minimum Gasteiger partial charge on any atom is -0.469 e. The number of esters is 1. The average molecular weight is 295 g/mol. The van der Waals surface area contributed by atoms with E-state index < -0.39 is 0 Å². The van der Waals surface area contributed by atoms with E-state index in [9.17, 15) is 9.59 Å². The molecule has 0 saturated heterocycles. The molecule has 1 aromatic rings. The fourth-order valence-corrected chi connectivity index (χ4v) is 1.87. The van der Waals surface area contributed by atoms with Gasteiger partial charge in [-0.15, -0.1) is 0 Å². The van der Waals surface area contributed by atoms with E-state index in [-0.39, 0.29) is 29.9 Å². The van der Waals surface area contributed by atoms with Crippen molar-refractivity contribution in [3.8, 4) is 0 Å². The first-order valence-electron chi connectivity index (χ1n) is 7.09. The van der Waals surface area contributed by atoms with E-state index in [1.807, 2.05) is 34.6 Å². The maximum Gasteiger partial charge on any atom is 0.307 e. The Morgan fingerprint density at radius 3 is 2.43 bits per heavy atom. The van der Waals surface area contributed by atoms with Crippen LogP contribution in [0.25, 0.3) is 0 Å². The molecule has 0 atom stereocenters. The summed E-state index contributed by atoms with van der Waals surface area (Å²) in [4.78, 5) is 25.5. The summed E-state index contributed by atoms with van der Waals surface area (Å²) in [6.07, 6.45) is 3.50. The van der Waals surface area contributed by atoms with Crippen molar-refractivity contribution in [3.05, 3.63) is 18.0 Å². The molecule has 1 amide bonds. The summed E-state index contributed by atoms with van der Waals surface area (Å²) in [5.41, 5.74) is 0.358. The van der Waals surface area contributed by atoms with E-state index in [2.05, 4.69) is 9.84 Å². The Balaban J connectivity index is 2.86. The smallest absolute Gasteiger partial charge is 0.307 e. The number of amides is 1. The van der Waals surface area contributed by atoms with Gasteiger partial charge < -0.3 is 9.64 Å². The Bertz CT molecular complexity index is 501. The van der Waals surface area contributed by atoms with Crippen LogP contribution in [0.3, 0.4) is 0 Å². The Hall–Kier alpha value is -1.85. The summed E-state index contributed by atoms with van der Waals surface area (Å²) in [7, 11) is 1.34. The molecule has 0 aliphatic heterocycles. The molecule has 0 N–H and O–H groups in total. The zero-order chi connectivity index (χ0) is 16.2. The number of rotatable bonds is 5. The summed E-state index contributed by atoms with van der Waals surface area (Å²) < 4.78 is 6.38. The number of methoxy groups -OCH3 is 1. The van der Waals surface area contributed by atoms with Crippen molar-refractivity contribution >= 4 is 11.9 Å². The van der Waals surface area contributed by atoms with E-state index in [4.69, 9.17) is 0 Å². The molecule has 0 bridgehead atoms. The van der Waals surface area contributed by atoms with E-state index in [1.54, 1.807) is 22.0 Å². The zero-order valence-corrected chi connectivity index (χ0v) is 13.7. The van der Waals surface area contributed by atoms with Crippen molar-refractivity contribution in [2.24, 2.45) is 0 Å². The fourth-order valence-electron chi connectivity index (χ4n) is 1.87. The number of carbonyl (C=O) groups is 2. The molecular weight excluding hydrogens is 270 g/mol. The Morgan fingerprint density at radius 1 is 1.38 bits per heavy atom. The van der Waals surface area contributed by atoms with Gasteiger partial charge in [0.05, 0.1) is 30.8 Å². The molecule has 0 spiro atoms. The van der Waals surface area contributed by atoms with Gasteiger partial charge in [0, 0.05) is 18.8 Å². The molecule has 21 heavy (non-hydrogen) atoms. The summed E-state index contributed by atoms with van der Waals surface area (Å²) in [6, 6.07) is 0.000132. The lowest BCUT2D eigenvalue weighted by molar-refractivity contribution is -0.140. The first-order valence-corrected chi connectivity index (χ1v) is 7.09. The highest BCUT2D eigenvalue weighted by Gasteiger charge is 2.23. The lowest BCUT2D eigenvalue weighted by Crippen LogP contribution is -2.38. The second kappa shape index (κ2) is 6.74. The van der Waals surface area contributed by atoms with E-state index >= 15 is 0 Å². The number of hydrogen-bond donors (Lipinski definition) is 0. The molecule has 6 nitrogen and oxygen atoms in total. The third-order valence-electron chi connectivity index (χ3n) is 3.19. The first kappa shape index (κ1) is 17.2. The monoisotopic (exact) mass is 295 g/mol. The zero-order valence-electron chi connectivity index (χ0n) is 13.7. The molecule has 6 heteroatoms. The molecule has 0 saturated carbocycles. The molecule has 1 heterocycles. The number of aromatic nitrogens is 2. The number of hydrogen-bond acceptors (Lipinski definition) is 4. The van der Waals surface area contributed by atoms with E-state index in [0.29, 0.717) is 12.1 Å². The van der Waals surface area contributed by atoms with Crippen LogP contribution in [-0.4, -0.2) is 46.3 Å². The molecule has 0 aliphatic carbocycles. The highest BCUT2D eigenvalue weighted by molar-refractivity contribution is 5.94. The number of ether oxygens (including phenoxy) is 1. The van der Waals surface area contributed by atoms with Gasteiger partial charge in [-0.1, -0.05) is 0 Å². The van der Waals surface area contributed by atoms with Crippen LogP contribution in [0.4, 0.5) is 0 Å². The van der Waals surface area contributed by atoms with Crippen LogP contribution >= 0.6 is 0 Å². The Labute approximate surface area is 126 Å². The van der Waals surface area contributed by atoms with Crippen molar-refractivity contribution in [1.82, 2.24) is 14.7 Å². The van der Waals surface area contributed by atoms with Gasteiger partial charge in [0.2, 0.25) is 0 Å². The molecule has 1 aromatic heterocycles. The molecule has 0 radical (unpaired) electrons. The number of nitrogens with zero attached hydrogens (tertiary/aromatic N) is 3. The quantitative estimate of drug-likeness (QED) is 0.780. The molecular formula is C15H25N3O3. The highest BCUT2D eigenvalue weighted by Crippen LogP contribution is 2.15. The normalized spacial score (nSPS) is 11.6. The topological polar surface area (TPSA) is 64.4 Å². The molecule has 0 aromatic carbocycles. The predicted molar refractivity (Wildman–Crippen MR) is 80.0 cm³/mol. The van der Waals surface area contributed by atoms with Gasteiger partial charge in [0.15, 0.2) is 0 Å². The lowest BCUT2D eigenvalue weighted by Gasteiger charge is -2.26. The van der Waals surface area contributed by atoms with Crippen LogP contribution < -0.4 is 0 Å². The van der Waals surface area contributed by atoms with Gasteiger partial charge in [-0.2, -0.15) is 5.10 Å². The van der Waals surface area contributed by atoms with Gasteiger partial charge in [0.25, 0.3) is 5.91 Å². The third kappa shape index (κ3) is 4.58. The summed E-state index contributed by atoms with van der Waals surface area (Å²) in [6.45, 7) is 10.2. The van der Waals surface area contributed by atoms with E-state index in [0.717, 1.165) is 0 Å². The van der Waals surface area contributed by atoms with Crippen molar-refractivity contribution in [2.75, 3.05) is 13.7 Å². The van der Waals surface area contributed by atoms with Gasteiger partial charge in [-0.05, 0) is 34.6 Å².